The molecule has 0 aromatic heterocycles. The zero-order chi connectivity index (χ0) is 19.1. The third-order valence-corrected chi connectivity index (χ3v) is 3.64. The van der Waals surface area contributed by atoms with E-state index in [4.69, 9.17) is 18.9 Å². The van der Waals surface area contributed by atoms with Gasteiger partial charge in [0.05, 0.1) is 21.3 Å². The lowest BCUT2D eigenvalue weighted by atomic mass is 10.1. The monoisotopic (exact) mass is 359 g/mol. The van der Waals surface area contributed by atoms with Crippen LogP contribution in [0.15, 0.2) is 42.5 Å². The fraction of sp³-hybridized carbons (Fsp3) is 0.263. The average molecular weight is 359 g/mol. The first-order valence-corrected chi connectivity index (χ1v) is 7.87. The van der Waals surface area contributed by atoms with Gasteiger partial charge in [0.15, 0.2) is 6.10 Å². The molecule has 2 aromatic carbocycles. The molecule has 0 saturated heterocycles. The van der Waals surface area contributed by atoms with Gasteiger partial charge in [-0.2, -0.15) is 0 Å². The molecule has 1 N–H and O–H groups in total. The van der Waals surface area contributed by atoms with Crippen LogP contribution < -0.4 is 19.5 Å². The molecule has 0 aliphatic heterocycles. The summed E-state index contributed by atoms with van der Waals surface area (Å²) in [7, 11) is 4.43. The van der Waals surface area contributed by atoms with E-state index in [2.05, 4.69) is 5.32 Å². The van der Waals surface area contributed by atoms with E-state index in [0.29, 0.717) is 22.9 Å². The minimum atomic E-state index is -1.01. The molecule has 7 heteroatoms. The average Bonchev–Trinajstić information content (AvgIpc) is 2.67. The Morgan fingerprint density at radius 1 is 0.885 bits per heavy atom. The van der Waals surface area contributed by atoms with Crippen LogP contribution in [0.3, 0.4) is 0 Å². The summed E-state index contributed by atoms with van der Waals surface area (Å²) in [5.41, 5.74) is 0.690. The van der Waals surface area contributed by atoms with Crippen molar-refractivity contribution in [3.8, 4) is 17.2 Å². The van der Waals surface area contributed by atoms with E-state index in [1.54, 1.807) is 49.6 Å². The predicted octanol–water partition coefficient (Wildman–Crippen LogP) is 2.90. The van der Waals surface area contributed by atoms with Gasteiger partial charge in [-0.1, -0.05) is 6.07 Å². The first-order chi connectivity index (χ1) is 12.5. The van der Waals surface area contributed by atoms with E-state index >= 15 is 0 Å². The SMILES string of the molecule is COc1ccc(NC(=O)C(C)OC(=O)c2c(OC)cccc2OC)cc1. The van der Waals surface area contributed by atoms with E-state index in [9.17, 15) is 9.59 Å². The second-order valence-electron chi connectivity index (χ2n) is 5.30. The second kappa shape index (κ2) is 8.75. The first kappa shape index (κ1) is 19.1. The van der Waals surface area contributed by atoms with Crippen LogP contribution in [0.4, 0.5) is 5.69 Å². The maximum Gasteiger partial charge on any atom is 0.346 e. The highest BCUT2D eigenvalue weighted by Gasteiger charge is 2.24. The second-order valence-corrected chi connectivity index (χ2v) is 5.30. The number of benzene rings is 2. The van der Waals surface area contributed by atoms with Gasteiger partial charge in [-0.25, -0.2) is 4.79 Å². The number of esters is 1. The van der Waals surface area contributed by atoms with Crippen LogP contribution in [0.25, 0.3) is 0 Å². The lowest BCUT2D eigenvalue weighted by Gasteiger charge is -2.16. The van der Waals surface area contributed by atoms with Gasteiger partial charge in [0.25, 0.3) is 5.91 Å². The number of anilines is 1. The van der Waals surface area contributed by atoms with Crippen LogP contribution in [0.1, 0.15) is 17.3 Å². The minimum Gasteiger partial charge on any atom is -0.497 e. The molecule has 0 heterocycles. The smallest absolute Gasteiger partial charge is 0.346 e. The Kier molecular flexibility index (Phi) is 6.43. The number of carbonyl (C=O) groups excluding carboxylic acids is 2. The number of amides is 1. The molecule has 1 unspecified atom stereocenters. The van der Waals surface area contributed by atoms with Crippen molar-refractivity contribution >= 4 is 17.6 Å². The normalized spacial score (nSPS) is 11.2. The van der Waals surface area contributed by atoms with Crippen LogP contribution >= 0.6 is 0 Å². The zero-order valence-corrected chi connectivity index (χ0v) is 15.1. The highest BCUT2D eigenvalue weighted by molar-refractivity contribution is 5.99. The van der Waals surface area contributed by atoms with Gasteiger partial charge in [0.1, 0.15) is 22.8 Å². The standard InChI is InChI=1S/C19H21NO6/c1-12(18(21)20-13-8-10-14(23-2)11-9-13)26-19(22)17-15(24-3)6-5-7-16(17)25-4/h5-12H,1-4H3,(H,20,21). The van der Waals surface area contributed by atoms with Gasteiger partial charge in [0.2, 0.25) is 0 Å². The summed E-state index contributed by atoms with van der Waals surface area (Å²) in [6.45, 7) is 1.48. The predicted molar refractivity (Wildman–Crippen MR) is 96.0 cm³/mol. The summed E-state index contributed by atoms with van der Waals surface area (Å²) >= 11 is 0. The largest absolute Gasteiger partial charge is 0.497 e. The molecule has 26 heavy (non-hydrogen) atoms. The van der Waals surface area contributed by atoms with Gasteiger partial charge in [0, 0.05) is 5.69 Å². The number of rotatable bonds is 7. The molecule has 7 nitrogen and oxygen atoms in total. The molecular weight excluding hydrogens is 338 g/mol. The van der Waals surface area contributed by atoms with Crippen molar-refractivity contribution in [1.29, 1.82) is 0 Å². The van der Waals surface area contributed by atoms with Gasteiger partial charge < -0.3 is 24.3 Å². The highest BCUT2D eigenvalue weighted by Crippen LogP contribution is 2.29. The quantitative estimate of drug-likeness (QED) is 0.766. The van der Waals surface area contributed by atoms with Crippen LogP contribution in [0, 0.1) is 0 Å². The first-order valence-electron chi connectivity index (χ1n) is 7.87. The van der Waals surface area contributed by atoms with E-state index in [-0.39, 0.29) is 5.56 Å². The minimum absolute atomic E-state index is 0.126. The number of nitrogens with one attached hydrogen (secondary N) is 1. The number of carbonyl (C=O) groups is 2. The summed E-state index contributed by atoms with van der Waals surface area (Å²) in [6.07, 6.45) is -1.01. The van der Waals surface area contributed by atoms with Crippen LogP contribution in [-0.4, -0.2) is 39.3 Å². The van der Waals surface area contributed by atoms with Crippen LogP contribution in [0.2, 0.25) is 0 Å². The Labute approximate surface area is 151 Å². The number of hydrogen-bond donors (Lipinski definition) is 1. The van der Waals surface area contributed by atoms with Crippen molar-refractivity contribution in [3.05, 3.63) is 48.0 Å². The highest BCUT2D eigenvalue weighted by atomic mass is 16.6. The van der Waals surface area contributed by atoms with Crippen molar-refractivity contribution in [2.24, 2.45) is 0 Å². The number of hydrogen-bond acceptors (Lipinski definition) is 6. The third-order valence-electron chi connectivity index (χ3n) is 3.64. The summed E-state index contributed by atoms with van der Waals surface area (Å²) in [4.78, 5) is 24.7. The van der Waals surface area contributed by atoms with Crippen molar-refractivity contribution in [3.63, 3.8) is 0 Å². The van der Waals surface area contributed by atoms with E-state index < -0.39 is 18.0 Å². The number of ether oxygens (including phenoxy) is 4. The number of methoxy groups -OCH3 is 3. The lowest BCUT2D eigenvalue weighted by molar-refractivity contribution is -0.123. The fourth-order valence-corrected chi connectivity index (χ4v) is 2.24. The van der Waals surface area contributed by atoms with Crippen molar-refractivity contribution in [2.45, 2.75) is 13.0 Å². The molecule has 0 spiro atoms. The van der Waals surface area contributed by atoms with Crippen molar-refractivity contribution in [2.75, 3.05) is 26.6 Å². The van der Waals surface area contributed by atoms with Gasteiger partial charge >= 0.3 is 5.97 Å². The molecule has 138 valence electrons. The maximum atomic E-state index is 12.5. The van der Waals surface area contributed by atoms with Crippen LogP contribution in [0.5, 0.6) is 17.2 Å². The van der Waals surface area contributed by atoms with Gasteiger partial charge in [-0.15, -0.1) is 0 Å². The summed E-state index contributed by atoms with van der Waals surface area (Å²) in [5.74, 6) is 0.106. The Morgan fingerprint density at radius 3 is 1.96 bits per heavy atom. The molecule has 0 radical (unpaired) electrons. The summed E-state index contributed by atoms with van der Waals surface area (Å²) in [6, 6.07) is 11.7. The molecule has 1 atom stereocenters. The van der Waals surface area contributed by atoms with Gasteiger partial charge in [-0.05, 0) is 43.3 Å². The molecular formula is C19H21NO6. The van der Waals surface area contributed by atoms with E-state index in [1.165, 1.54) is 21.1 Å². The summed E-state index contributed by atoms with van der Waals surface area (Å²) in [5, 5.41) is 2.67. The molecule has 1 amide bonds. The van der Waals surface area contributed by atoms with E-state index in [0.717, 1.165) is 0 Å². The molecule has 0 aliphatic carbocycles. The summed E-state index contributed by atoms with van der Waals surface area (Å²) < 4.78 is 20.7. The van der Waals surface area contributed by atoms with Crippen molar-refractivity contribution in [1.82, 2.24) is 0 Å². The topological polar surface area (TPSA) is 83.1 Å². The van der Waals surface area contributed by atoms with Gasteiger partial charge in [-0.3, -0.25) is 4.79 Å². The zero-order valence-electron chi connectivity index (χ0n) is 15.1. The third kappa shape index (κ3) is 4.44. The Hall–Kier alpha value is -3.22. The molecule has 0 aliphatic rings. The van der Waals surface area contributed by atoms with Crippen LogP contribution in [-0.2, 0) is 9.53 Å². The molecule has 2 rings (SSSR count). The van der Waals surface area contributed by atoms with E-state index in [1.807, 2.05) is 0 Å². The molecule has 0 fully saturated rings. The van der Waals surface area contributed by atoms with Crippen molar-refractivity contribution < 1.29 is 28.5 Å². The maximum absolute atomic E-state index is 12.5. The Morgan fingerprint density at radius 2 is 1.46 bits per heavy atom. The Bertz CT molecular complexity index is 750. The molecule has 0 saturated carbocycles. The Balaban J connectivity index is 2.07. The lowest BCUT2D eigenvalue weighted by Crippen LogP contribution is -2.30. The fourth-order valence-electron chi connectivity index (χ4n) is 2.24. The molecule has 2 aromatic rings. The molecule has 0 bridgehead atoms.